The van der Waals surface area contributed by atoms with Crippen molar-refractivity contribution in [1.29, 1.82) is 0 Å². The summed E-state index contributed by atoms with van der Waals surface area (Å²) in [6, 6.07) is 7.02. The van der Waals surface area contributed by atoms with Crippen molar-refractivity contribution in [3.63, 3.8) is 0 Å². The maximum Gasteiger partial charge on any atom is 0.399 e. The molecule has 1 aromatic carbocycles. The van der Waals surface area contributed by atoms with Gasteiger partial charge in [-0.2, -0.15) is 13.2 Å². The van der Waals surface area contributed by atoms with Gasteiger partial charge in [-0.25, -0.2) is 0 Å². The zero-order chi connectivity index (χ0) is 12.8. The van der Waals surface area contributed by atoms with Gasteiger partial charge in [0.15, 0.2) is 0 Å². The van der Waals surface area contributed by atoms with E-state index in [1.54, 1.807) is 24.3 Å². The SMILES string of the molecule is Cc1ccc(C2OC(C)C2(C)C(F)(F)F)cc1. The fourth-order valence-electron chi connectivity index (χ4n) is 2.17. The maximum atomic E-state index is 13.1. The van der Waals surface area contributed by atoms with Gasteiger partial charge in [0.1, 0.15) is 5.41 Å². The molecule has 1 aliphatic rings. The van der Waals surface area contributed by atoms with E-state index in [-0.39, 0.29) is 0 Å². The molecule has 1 saturated heterocycles. The number of benzene rings is 1. The highest BCUT2D eigenvalue weighted by Gasteiger charge is 2.67. The van der Waals surface area contributed by atoms with Gasteiger partial charge >= 0.3 is 6.18 Å². The van der Waals surface area contributed by atoms with E-state index in [0.717, 1.165) is 5.56 Å². The van der Waals surface area contributed by atoms with Gasteiger partial charge in [0, 0.05) is 0 Å². The molecule has 3 unspecified atom stereocenters. The molecule has 3 atom stereocenters. The molecule has 0 bridgehead atoms. The zero-order valence-electron chi connectivity index (χ0n) is 10.0. The van der Waals surface area contributed by atoms with Crippen LogP contribution in [0.4, 0.5) is 13.2 Å². The minimum atomic E-state index is -4.25. The largest absolute Gasteiger partial charge is 0.399 e. The Morgan fingerprint density at radius 3 is 2.12 bits per heavy atom. The lowest BCUT2D eigenvalue weighted by Crippen LogP contribution is -2.59. The molecule has 0 amide bonds. The zero-order valence-corrected chi connectivity index (χ0v) is 10.0. The third-order valence-corrected chi connectivity index (χ3v) is 3.72. The van der Waals surface area contributed by atoms with Crippen LogP contribution in [0, 0.1) is 12.3 Å². The third kappa shape index (κ3) is 1.75. The van der Waals surface area contributed by atoms with Crippen LogP contribution in [0.5, 0.6) is 0 Å². The molecule has 1 heterocycles. The molecule has 4 heteroatoms. The fourth-order valence-corrected chi connectivity index (χ4v) is 2.17. The second kappa shape index (κ2) is 3.73. The molecule has 0 radical (unpaired) electrons. The minimum absolute atomic E-state index is 0.591. The van der Waals surface area contributed by atoms with Crippen LogP contribution in [0.15, 0.2) is 24.3 Å². The molecular weight excluding hydrogens is 229 g/mol. The van der Waals surface area contributed by atoms with Gasteiger partial charge in [-0.3, -0.25) is 0 Å². The van der Waals surface area contributed by atoms with Crippen LogP contribution in [0.25, 0.3) is 0 Å². The second-order valence-corrected chi connectivity index (χ2v) is 4.85. The molecule has 0 aliphatic carbocycles. The second-order valence-electron chi connectivity index (χ2n) is 4.85. The summed E-state index contributed by atoms with van der Waals surface area (Å²) in [6.07, 6.45) is -5.94. The normalized spacial score (nSPS) is 33.3. The maximum absolute atomic E-state index is 13.1. The number of hydrogen-bond acceptors (Lipinski definition) is 1. The van der Waals surface area contributed by atoms with Crippen molar-refractivity contribution in [3.8, 4) is 0 Å². The summed E-state index contributed by atoms with van der Waals surface area (Å²) in [7, 11) is 0. The first-order valence-corrected chi connectivity index (χ1v) is 5.55. The van der Waals surface area contributed by atoms with Crippen molar-refractivity contribution in [2.24, 2.45) is 5.41 Å². The first-order chi connectivity index (χ1) is 7.76. The lowest BCUT2D eigenvalue weighted by atomic mass is 9.70. The molecule has 94 valence electrons. The van der Waals surface area contributed by atoms with Crippen molar-refractivity contribution >= 4 is 0 Å². The molecule has 0 aromatic heterocycles. The van der Waals surface area contributed by atoms with Gasteiger partial charge in [0.2, 0.25) is 0 Å². The van der Waals surface area contributed by atoms with Crippen molar-refractivity contribution in [1.82, 2.24) is 0 Å². The molecule has 2 rings (SSSR count). The Labute approximate surface area is 98.6 Å². The molecular formula is C13H15F3O. The number of alkyl halides is 3. The predicted molar refractivity (Wildman–Crippen MR) is 58.6 cm³/mol. The summed E-state index contributed by atoms with van der Waals surface area (Å²) in [5.74, 6) is 0. The number of halogens is 3. The Balaban J connectivity index is 2.32. The summed E-state index contributed by atoms with van der Waals surface area (Å²) in [6.45, 7) is 4.60. The van der Waals surface area contributed by atoms with Crippen molar-refractivity contribution in [3.05, 3.63) is 35.4 Å². The van der Waals surface area contributed by atoms with Crippen LogP contribution < -0.4 is 0 Å². The van der Waals surface area contributed by atoms with Crippen molar-refractivity contribution in [2.45, 2.75) is 39.2 Å². The molecule has 1 fully saturated rings. The average molecular weight is 244 g/mol. The van der Waals surface area contributed by atoms with Crippen LogP contribution >= 0.6 is 0 Å². The monoisotopic (exact) mass is 244 g/mol. The van der Waals surface area contributed by atoms with Crippen molar-refractivity contribution in [2.75, 3.05) is 0 Å². The van der Waals surface area contributed by atoms with Gasteiger partial charge < -0.3 is 4.74 Å². The van der Waals surface area contributed by atoms with Gasteiger partial charge in [-0.05, 0) is 26.3 Å². The first kappa shape index (κ1) is 12.4. The minimum Gasteiger partial charge on any atom is -0.369 e. The summed E-state index contributed by atoms with van der Waals surface area (Å²) in [4.78, 5) is 0. The third-order valence-electron chi connectivity index (χ3n) is 3.72. The lowest BCUT2D eigenvalue weighted by molar-refractivity contribution is -0.364. The smallest absolute Gasteiger partial charge is 0.369 e. The standard InChI is InChI=1S/C13H15F3O/c1-8-4-6-10(7-5-8)11-12(3,9(2)17-11)13(14,15)16/h4-7,9,11H,1-3H3. The molecule has 1 aromatic rings. The van der Waals surface area contributed by atoms with E-state index in [4.69, 9.17) is 4.74 Å². The highest BCUT2D eigenvalue weighted by atomic mass is 19.4. The average Bonchev–Trinajstić information content (AvgIpc) is 2.25. The number of hydrogen-bond donors (Lipinski definition) is 0. The van der Waals surface area contributed by atoms with Crippen LogP contribution in [0.1, 0.15) is 31.1 Å². The quantitative estimate of drug-likeness (QED) is 0.724. The van der Waals surface area contributed by atoms with E-state index in [0.29, 0.717) is 5.56 Å². The number of rotatable bonds is 1. The Kier molecular flexibility index (Phi) is 2.73. The van der Waals surface area contributed by atoms with Crippen LogP contribution in [-0.2, 0) is 4.74 Å². The van der Waals surface area contributed by atoms with E-state index in [2.05, 4.69) is 0 Å². The summed E-state index contributed by atoms with van der Waals surface area (Å²) in [5, 5.41) is 0. The molecule has 0 spiro atoms. The van der Waals surface area contributed by atoms with Gasteiger partial charge in [-0.1, -0.05) is 29.8 Å². The molecule has 17 heavy (non-hydrogen) atoms. The Morgan fingerprint density at radius 1 is 1.18 bits per heavy atom. The highest BCUT2D eigenvalue weighted by molar-refractivity contribution is 5.27. The first-order valence-electron chi connectivity index (χ1n) is 5.55. The lowest BCUT2D eigenvalue weighted by Gasteiger charge is -2.53. The predicted octanol–water partition coefficient (Wildman–Crippen LogP) is 4.02. The molecule has 1 nitrogen and oxygen atoms in total. The summed E-state index contributed by atoms with van der Waals surface area (Å²) in [5.41, 5.74) is -0.175. The Bertz CT molecular complexity index is 410. The van der Waals surface area contributed by atoms with E-state index in [1.165, 1.54) is 13.8 Å². The summed E-state index contributed by atoms with van der Waals surface area (Å²) < 4.78 is 44.5. The van der Waals surface area contributed by atoms with E-state index in [1.807, 2.05) is 6.92 Å². The van der Waals surface area contributed by atoms with E-state index >= 15 is 0 Å². The van der Waals surface area contributed by atoms with Crippen LogP contribution in [0.3, 0.4) is 0 Å². The number of ether oxygens (including phenoxy) is 1. The van der Waals surface area contributed by atoms with Crippen molar-refractivity contribution < 1.29 is 17.9 Å². The Hall–Kier alpha value is -1.03. The van der Waals surface area contributed by atoms with E-state index < -0.39 is 23.8 Å². The Morgan fingerprint density at radius 2 is 1.71 bits per heavy atom. The molecule has 0 saturated carbocycles. The van der Waals surface area contributed by atoms with Gasteiger partial charge in [-0.15, -0.1) is 0 Å². The fraction of sp³-hybridized carbons (Fsp3) is 0.538. The van der Waals surface area contributed by atoms with E-state index in [9.17, 15) is 13.2 Å². The van der Waals surface area contributed by atoms with Crippen LogP contribution in [-0.4, -0.2) is 12.3 Å². The number of aryl methyl sites for hydroxylation is 1. The van der Waals surface area contributed by atoms with Crippen LogP contribution in [0.2, 0.25) is 0 Å². The highest BCUT2D eigenvalue weighted by Crippen LogP contribution is 2.59. The molecule has 0 N–H and O–H groups in total. The molecule has 1 aliphatic heterocycles. The summed E-state index contributed by atoms with van der Waals surface area (Å²) >= 11 is 0. The topological polar surface area (TPSA) is 9.23 Å². The van der Waals surface area contributed by atoms with Gasteiger partial charge in [0.25, 0.3) is 0 Å². The van der Waals surface area contributed by atoms with Gasteiger partial charge in [0.05, 0.1) is 12.2 Å².